The van der Waals surface area contributed by atoms with Crippen LogP contribution in [0.1, 0.15) is 19.2 Å². The SMILES string of the molecule is CCCn1c(CN2CCOCC2)nc2cc(NC(=O)COc3ccccc3)ccc21. The predicted octanol–water partition coefficient (Wildman–Crippen LogP) is 3.30. The number of amides is 1. The van der Waals surface area contributed by atoms with Gasteiger partial charge in [0.1, 0.15) is 11.6 Å². The molecule has 0 atom stereocenters. The van der Waals surface area contributed by atoms with Crippen molar-refractivity contribution >= 4 is 22.6 Å². The van der Waals surface area contributed by atoms with Crippen molar-refractivity contribution in [3.63, 3.8) is 0 Å². The molecule has 0 spiro atoms. The Kier molecular flexibility index (Phi) is 6.61. The molecule has 1 aromatic heterocycles. The topological polar surface area (TPSA) is 68.6 Å². The monoisotopic (exact) mass is 408 g/mol. The van der Waals surface area contributed by atoms with E-state index >= 15 is 0 Å². The number of nitrogens with zero attached hydrogens (tertiary/aromatic N) is 3. The Morgan fingerprint density at radius 2 is 1.97 bits per heavy atom. The summed E-state index contributed by atoms with van der Waals surface area (Å²) in [6.45, 7) is 7.28. The van der Waals surface area contributed by atoms with E-state index < -0.39 is 0 Å². The second-order valence-electron chi connectivity index (χ2n) is 7.42. The molecule has 7 nitrogen and oxygen atoms in total. The molecule has 2 heterocycles. The molecule has 0 saturated carbocycles. The standard InChI is InChI=1S/C23H28N4O3/c1-2-10-27-21-9-8-18(24-23(28)17-30-19-6-4-3-5-7-19)15-20(21)25-22(27)16-26-11-13-29-14-12-26/h3-9,15H,2,10-14,16-17H2,1H3,(H,24,28). The highest BCUT2D eigenvalue weighted by Crippen LogP contribution is 2.22. The molecule has 1 aliphatic heterocycles. The molecular formula is C23H28N4O3. The maximum atomic E-state index is 12.3. The number of nitrogens with one attached hydrogen (secondary N) is 1. The molecule has 3 aromatic rings. The number of rotatable bonds is 8. The van der Waals surface area contributed by atoms with Crippen molar-refractivity contribution in [3.05, 3.63) is 54.4 Å². The second kappa shape index (κ2) is 9.73. The van der Waals surface area contributed by atoms with Gasteiger partial charge < -0.3 is 19.4 Å². The van der Waals surface area contributed by atoms with Crippen LogP contribution in [0, 0.1) is 0 Å². The zero-order valence-corrected chi connectivity index (χ0v) is 17.3. The molecule has 0 bridgehead atoms. The van der Waals surface area contributed by atoms with Gasteiger partial charge in [0.25, 0.3) is 5.91 Å². The summed E-state index contributed by atoms with van der Waals surface area (Å²) in [5.74, 6) is 1.54. The zero-order chi connectivity index (χ0) is 20.8. The normalized spacial score (nSPS) is 14.7. The first-order valence-corrected chi connectivity index (χ1v) is 10.5. The van der Waals surface area contributed by atoms with Gasteiger partial charge in [-0.05, 0) is 36.8 Å². The Labute approximate surface area is 176 Å². The van der Waals surface area contributed by atoms with E-state index in [9.17, 15) is 4.79 Å². The van der Waals surface area contributed by atoms with Crippen molar-refractivity contribution in [2.24, 2.45) is 0 Å². The van der Waals surface area contributed by atoms with E-state index in [0.717, 1.165) is 68.4 Å². The minimum atomic E-state index is -0.195. The Hall–Kier alpha value is -2.90. The average Bonchev–Trinajstić information content (AvgIpc) is 3.10. The number of benzene rings is 2. The molecular weight excluding hydrogens is 380 g/mol. The van der Waals surface area contributed by atoms with Gasteiger partial charge in [-0.1, -0.05) is 25.1 Å². The van der Waals surface area contributed by atoms with Crippen molar-refractivity contribution in [2.45, 2.75) is 26.4 Å². The van der Waals surface area contributed by atoms with E-state index in [-0.39, 0.29) is 12.5 Å². The largest absolute Gasteiger partial charge is 0.484 e. The molecule has 0 aliphatic carbocycles. The maximum Gasteiger partial charge on any atom is 0.262 e. The van der Waals surface area contributed by atoms with E-state index in [4.69, 9.17) is 14.5 Å². The summed E-state index contributed by atoms with van der Waals surface area (Å²) in [6, 6.07) is 15.2. The van der Waals surface area contributed by atoms with Crippen molar-refractivity contribution in [2.75, 3.05) is 38.2 Å². The number of imidazole rings is 1. The van der Waals surface area contributed by atoms with Crippen LogP contribution in [0.25, 0.3) is 11.0 Å². The molecule has 1 fully saturated rings. The second-order valence-corrected chi connectivity index (χ2v) is 7.42. The molecule has 2 aromatic carbocycles. The lowest BCUT2D eigenvalue weighted by Gasteiger charge is -2.26. The highest BCUT2D eigenvalue weighted by molar-refractivity contribution is 5.94. The van der Waals surface area contributed by atoms with Crippen LogP contribution in [0.2, 0.25) is 0 Å². The minimum Gasteiger partial charge on any atom is -0.484 e. The first-order chi connectivity index (χ1) is 14.7. The smallest absolute Gasteiger partial charge is 0.262 e. The molecule has 30 heavy (non-hydrogen) atoms. The highest BCUT2D eigenvalue weighted by atomic mass is 16.5. The van der Waals surface area contributed by atoms with Crippen LogP contribution in [-0.2, 0) is 22.6 Å². The summed E-state index contributed by atoms with van der Waals surface area (Å²) in [6.07, 6.45) is 1.04. The summed E-state index contributed by atoms with van der Waals surface area (Å²) in [5.41, 5.74) is 2.72. The number of hydrogen-bond acceptors (Lipinski definition) is 5. The lowest BCUT2D eigenvalue weighted by atomic mass is 10.2. The third kappa shape index (κ3) is 4.98. The summed E-state index contributed by atoms with van der Waals surface area (Å²) in [5, 5.41) is 2.91. The number of carbonyl (C=O) groups excluding carboxylic acids is 1. The lowest BCUT2D eigenvalue weighted by Crippen LogP contribution is -2.36. The van der Waals surface area contributed by atoms with Crippen molar-refractivity contribution < 1.29 is 14.3 Å². The van der Waals surface area contributed by atoms with Gasteiger partial charge >= 0.3 is 0 Å². The fourth-order valence-corrected chi connectivity index (χ4v) is 3.67. The quantitative estimate of drug-likeness (QED) is 0.619. The molecule has 7 heteroatoms. The van der Waals surface area contributed by atoms with Crippen LogP contribution >= 0.6 is 0 Å². The van der Waals surface area contributed by atoms with Crippen LogP contribution < -0.4 is 10.1 Å². The zero-order valence-electron chi connectivity index (χ0n) is 17.3. The summed E-state index contributed by atoms with van der Waals surface area (Å²) in [4.78, 5) is 19.5. The van der Waals surface area contributed by atoms with Crippen LogP contribution in [-0.4, -0.2) is 53.3 Å². The van der Waals surface area contributed by atoms with E-state index in [1.54, 1.807) is 0 Å². The van der Waals surface area contributed by atoms with Crippen LogP contribution in [0.5, 0.6) is 5.75 Å². The van der Waals surface area contributed by atoms with E-state index in [2.05, 4.69) is 21.7 Å². The molecule has 0 radical (unpaired) electrons. The van der Waals surface area contributed by atoms with E-state index in [1.165, 1.54) is 0 Å². The van der Waals surface area contributed by atoms with Gasteiger partial charge in [0.15, 0.2) is 6.61 Å². The number of hydrogen-bond donors (Lipinski definition) is 1. The Morgan fingerprint density at radius 1 is 1.17 bits per heavy atom. The maximum absolute atomic E-state index is 12.3. The van der Waals surface area contributed by atoms with Crippen molar-refractivity contribution in [1.82, 2.24) is 14.5 Å². The van der Waals surface area contributed by atoms with Crippen molar-refractivity contribution in [1.29, 1.82) is 0 Å². The average molecular weight is 409 g/mol. The fraction of sp³-hybridized carbons (Fsp3) is 0.391. The van der Waals surface area contributed by atoms with Gasteiger partial charge in [-0.3, -0.25) is 9.69 Å². The summed E-state index contributed by atoms with van der Waals surface area (Å²) >= 11 is 0. The molecule has 0 unspecified atom stereocenters. The van der Waals surface area contributed by atoms with Gasteiger partial charge in [-0.25, -0.2) is 4.98 Å². The molecule has 1 aliphatic rings. The predicted molar refractivity (Wildman–Crippen MR) is 117 cm³/mol. The number of aromatic nitrogens is 2. The Balaban J connectivity index is 1.46. The van der Waals surface area contributed by atoms with E-state index in [1.807, 2.05) is 48.5 Å². The van der Waals surface area contributed by atoms with Crippen LogP contribution in [0.15, 0.2) is 48.5 Å². The fourth-order valence-electron chi connectivity index (χ4n) is 3.67. The number of fused-ring (bicyclic) bond motifs is 1. The Bertz CT molecular complexity index is 981. The molecule has 1 N–H and O–H groups in total. The summed E-state index contributed by atoms with van der Waals surface area (Å²) < 4.78 is 13.3. The number of anilines is 1. The van der Waals surface area contributed by atoms with E-state index in [0.29, 0.717) is 5.75 Å². The Morgan fingerprint density at radius 3 is 2.73 bits per heavy atom. The van der Waals surface area contributed by atoms with Crippen molar-refractivity contribution in [3.8, 4) is 5.75 Å². The van der Waals surface area contributed by atoms with Gasteiger partial charge in [-0.15, -0.1) is 0 Å². The van der Waals surface area contributed by atoms with Crippen LogP contribution in [0.4, 0.5) is 5.69 Å². The molecule has 1 amide bonds. The third-order valence-corrected chi connectivity index (χ3v) is 5.14. The minimum absolute atomic E-state index is 0.0331. The highest BCUT2D eigenvalue weighted by Gasteiger charge is 2.17. The molecule has 1 saturated heterocycles. The summed E-state index contributed by atoms with van der Waals surface area (Å²) in [7, 11) is 0. The number of para-hydroxylation sites is 1. The number of carbonyl (C=O) groups is 1. The third-order valence-electron chi connectivity index (χ3n) is 5.14. The number of morpholine rings is 1. The first-order valence-electron chi connectivity index (χ1n) is 10.5. The van der Waals surface area contributed by atoms with Crippen LogP contribution in [0.3, 0.4) is 0 Å². The number of aryl methyl sites for hydroxylation is 1. The van der Waals surface area contributed by atoms with Gasteiger partial charge in [0, 0.05) is 25.3 Å². The first kappa shape index (κ1) is 20.4. The van der Waals surface area contributed by atoms with Gasteiger partial charge in [0.2, 0.25) is 0 Å². The van der Waals surface area contributed by atoms with Gasteiger partial charge in [0.05, 0.1) is 30.8 Å². The molecule has 4 rings (SSSR count). The molecule has 158 valence electrons. The van der Waals surface area contributed by atoms with Gasteiger partial charge in [-0.2, -0.15) is 0 Å². The lowest BCUT2D eigenvalue weighted by molar-refractivity contribution is -0.118. The number of ether oxygens (including phenoxy) is 2.